The van der Waals surface area contributed by atoms with Gasteiger partial charge in [-0.2, -0.15) is 0 Å². The largest absolute Gasteiger partial charge is 0.255 e. The summed E-state index contributed by atoms with van der Waals surface area (Å²) in [6.45, 7) is 1.98. The summed E-state index contributed by atoms with van der Waals surface area (Å²) in [5, 5.41) is 1.05. The van der Waals surface area contributed by atoms with E-state index < -0.39 is 10.8 Å². The van der Waals surface area contributed by atoms with Gasteiger partial charge in [-0.05, 0) is 25.1 Å². The maximum Gasteiger partial charge on any atom is 0.0907 e. The predicted molar refractivity (Wildman–Crippen MR) is 56.7 cm³/mol. The van der Waals surface area contributed by atoms with Crippen molar-refractivity contribution in [2.75, 3.05) is 6.26 Å². The minimum atomic E-state index is -0.911. The van der Waals surface area contributed by atoms with Crippen LogP contribution < -0.4 is 0 Å². The number of rotatable bonds is 1. The van der Waals surface area contributed by atoms with Crippen LogP contribution >= 0.6 is 11.3 Å². The third kappa shape index (κ3) is 1.64. The molecular weight excluding hydrogens is 202 g/mol. The Kier molecular flexibility index (Phi) is 2.17. The van der Waals surface area contributed by atoms with Crippen molar-refractivity contribution in [3.63, 3.8) is 0 Å². The SMILES string of the molecule is Cc1nc2cc(S(C)=O)ccc2s1. The van der Waals surface area contributed by atoms with Crippen LogP contribution in [0.5, 0.6) is 0 Å². The summed E-state index contributed by atoms with van der Waals surface area (Å²) in [7, 11) is -0.911. The summed E-state index contributed by atoms with van der Waals surface area (Å²) in [5.41, 5.74) is 0.954. The van der Waals surface area contributed by atoms with Crippen molar-refractivity contribution in [3.05, 3.63) is 23.2 Å². The topological polar surface area (TPSA) is 30.0 Å². The third-order valence-electron chi connectivity index (χ3n) is 1.80. The quantitative estimate of drug-likeness (QED) is 0.724. The van der Waals surface area contributed by atoms with Crippen molar-refractivity contribution in [1.29, 1.82) is 0 Å². The van der Waals surface area contributed by atoms with Crippen LogP contribution in [-0.4, -0.2) is 15.4 Å². The third-order valence-corrected chi connectivity index (χ3v) is 3.67. The van der Waals surface area contributed by atoms with Gasteiger partial charge in [-0.1, -0.05) is 0 Å². The van der Waals surface area contributed by atoms with Crippen LogP contribution in [0.15, 0.2) is 23.1 Å². The number of fused-ring (bicyclic) bond motifs is 1. The van der Waals surface area contributed by atoms with Gasteiger partial charge >= 0.3 is 0 Å². The highest BCUT2D eigenvalue weighted by Crippen LogP contribution is 2.23. The molecule has 68 valence electrons. The summed E-state index contributed by atoms with van der Waals surface area (Å²) in [4.78, 5) is 5.19. The van der Waals surface area contributed by atoms with Crippen LogP contribution in [0.4, 0.5) is 0 Å². The maximum absolute atomic E-state index is 11.2. The van der Waals surface area contributed by atoms with E-state index in [9.17, 15) is 4.21 Å². The fourth-order valence-corrected chi connectivity index (χ4v) is 2.55. The van der Waals surface area contributed by atoms with Gasteiger partial charge in [0.05, 0.1) is 15.2 Å². The van der Waals surface area contributed by atoms with Crippen molar-refractivity contribution < 1.29 is 4.21 Å². The van der Waals surface area contributed by atoms with E-state index in [0.717, 1.165) is 20.1 Å². The van der Waals surface area contributed by atoms with Crippen LogP contribution in [0.1, 0.15) is 5.01 Å². The average molecular weight is 211 g/mol. The number of hydrogen-bond acceptors (Lipinski definition) is 3. The zero-order valence-electron chi connectivity index (χ0n) is 7.40. The van der Waals surface area contributed by atoms with Crippen molar-refractivity contribution in [3.8, 4) is 0 Å². The van der Waals surface area contributed by atoms with E-state index in [4.69, 9.17) is 0 Å². The highest BCUT2D eigenvalue weighted by Gasteiger charge is 2.03. The maximum atomic E-state index is 11.2. The summed E-state index contributed by atoms with van der Waals surface area (Å²) in [6, 6.07) is 5.78. The molecule has 13 heavy (non-hydrogen) atoms. The lowest BCUT2D eigenvalue weighted by atomic mass is 10.3. The van der Waals surface area contributed by atoms with Gasteiger partial charge in [0, 0.05) is 22.0 Å². The van der Waals surface area contributed by atoms with Gasteiger partial charge in [0.25, 0.3) is 0 Å². The lowest BCUT2D eigenvalue weighted by Crippen LogP contribution is -1.85. The van der Waals surface area contributed by atoms with Gasteiger partial charge in [-0.3, -0.25) is 4.21 Å². The highest BCUT2D eigenvalue weighted by molar-refractivity contribution is 7.84. The van der Waals surface area contributed by atoms with Crippen LogP contribution in [0.25, 0.3) is 10.2 Å². The average Bonchev–Trinajstić information content (AvgIpc) is 2.42. The fourth-order valence-electron chi connectivity index (χ4n) is 1.20. The summed E-state index contributed by atoms with van der Waals surface area (Å²) >= 11 is 1.66. The monoisotopic (exact) mass is 211 g/mol. The normalized spacial score (nSPS) is 13.4. The molecule has 2 rings (SSSR count). The number of aromatic nitrogens is 1. The van der Waals surface area contributed by atoms with Crippen molar-refractivity contribution in [2.24, 2.45) is 0 Å². The summed E-state index contributed by atoms with van der Waals surface area (Å²) < 4.78 is 12.3. The molecule has 0 saturated heterocycles. The molecule has 1 unspecified atom stereocenters. The van der Waals surface area contributed by atoms with Crippen molar-refractivity contribution >= 4 is 32.4 Å². The lowest BCUT2D eigenvalue weighted by molar-refractivity contribution is 0.687. The molecule has 2 nitrogen and oxygen atoms in total. The van der Waals surface area contributed by atoms with E-state index in [0.29, 0.717) is 0 Å². The van der Waals surface area contributed by atoms with Crippen molar-refractivity contribution in [2.45, 2.75) is 11.8 Å². The van der Waals surface area contributed by atoms with E-state index >= 15 is 0 Å². The molecule has 0 amide bonds. The second-order valence-corrected chi connectivity index (χ2v) is 5.43. The van der Waals surface area contributed by atoms with Gasteiger partial charge in [0.1, 0.15) is 0 Å². The van der Waals surface area contributed by atoms with Crippen LogP contribution in [0, 0.1) is 6.92 Å². The Bertz CT molecular complexity index is 475. The molecule has 2 aromatic rings. The zero-order chi connectivity index (χ0) is 9.42. The second-order valence-electron chi connectivity index (χ2n) is 2.82. The first-order chi connectivity index (χ1) is 6.16. The minimum absolute atomic E-state index is 0.845. The predicted octanol–water partition coefficient (Wildman–Crippen LogP) is 2.34. The molecule has 0 radical (unpaired) electrons. The molecule has 0 N–H and O–H groups in total. The number of hydrogen-bond donors (Lipinski definition) is 0. The van der Waals surface area contributed by atoms with Gasteiger partial charge in [0.15, 0.2) is 0 Å². The van der Waals surface area contributed by atoms with E-state index in [1.54, 1.807) is 17.6 Å². The molecule has 0 spiro atoms. The Morgan fingerprint density at radius 1 is 1.46 bits per heavy atom. The Morgan fingerprint density at radius 2 is 2.23 bits per heavy atom. The van der Waals surface area contributed by atoms with Crippen LogP contribution in [0.2, 0.25) is 0 Å². The molecule has 0 saturated carbocycles. The molecular formula is C9H9NOS2. The second kappa shape index (κ2) is 3.20. The molecule has 1 atom stereocenters. The summed E-state index contributed by atoms with van der Waals surface area (Å²) in [6.07, 6.45) is 1.68. The van der Waals surface area contributed by atoms with E-state index in [-0.39, 0.29) is 0 Å². The molecule has 0 aliphatic rings. The number of benzene rings is 1. The highest BCUT2D eigenvalue weighted by atomic mass is 32.2. The first-order valence-electron chi connectivity index (χ1n) is 3.87. The smallest absolute Gasteiger partial charge is 0.0907 e. The number of aryl methyl sites for hydroxylation is 1. The Hall–Kier alpha value is -0.740. The van der Waals surface area contributed by atoms with Gasteiger partial charge in [0.2, 0.25) is 0 Å². The van der Waals surface area contributed by atoms with Crippen LogP contribution in [0.3, 0.4) is 0 Å². The van der Waals surface area contributed by atoms with E-state index in [2.05, 4.69) is 4.98 Å². The molecule has 1 heterocycles. The zero-order valence-corrected chi connectivity index (χ0v) is 9.04. The standard InChI is InChI=1S/C9H9NOS2/c1-6-10-8-5-7(13(2)11)3-4-9(8)12-6/h3-5H,1-2H3. The first-order valence-corrected chi connectivity index (χ1v) is 6.25. The minimum Gasteiger partial charge on any atom is -0.255 e. The molecule has 4 heteroatoms. The molecule has 1 aromatic heterocycles. The Morgan fingerprint density at radius 3 is 2.92 bits per heavy atom. The molecule has 0 fully saturated rings. The van der Waals surface area contributed by atoms with Gasteiger partial charge in [-0.25, -0.2) is 4.98 Å². The fraction of sp³-hybridized carbons (Fsp3) is 0.222. The van der Waals surface area contributed by atoms with Gasteiger partial charge < -0.3 is 0 Å². The van der Waals surface area contributed by atoms with E-state index in [1.807, 2.05) is 25.1 Å². The number of nitrogens with zero attached hydrogens (tertiary/aromatic N) is 1. The van der Waals surface area contributed by atoms with E-state index in [1.165, 1.54) is 0 Å². The van der Waals surface area contributed by atoms with Crippen LogP contribution in [-0.2, 0) is 10.8 Å². The van der Waals surface area contributed by atoms with Gasteiger partial charge in [-0.15, -0.1) is 11.3 Å². The Balaban J connectivity index is 2.67. The Labute approximate surface area is 83.1 Å². The molecule has 0 bridgehead atoms. The van der Waals surface area contributed by atoms with Crippen molar-refractivity contribution in [1.82, 2.24) is 4.98 Å². The molecule has 1 aromatic carbocycles. The molecule has 0 aliphatic carbocycles. The lowest BCUT2D eigenvalue weighted by Gasteiger charge is -1.93. The first kappa shape index (κ1) is 8.84. The summed E-state index contributed by atoms with van der Waals surface area (Å²) in [5.74, 6) is 0. The molecule has 0 aliphatic heterocycles. The number of thiazole rings is 1.